The van der Waals surface area contributed by atoms with Gasteiger partial charge in [-0.2, -0.15) is 0 Å². The molecule has 2 aliphatic carbocycles. The summed E-state index contributed by atoms with van der Waals surface area (Å²) in [5, 5.41) is 14.8. The van der Waals surface area contributed by atoms with Gasteiger partial charge in [0.1, 0.15) is 6.04 Å². The van der Waals surface area contributed by atoms with Crippen LogP contribution in [0.15, 0.2) is 0 Å². The van der Waals surface area contributed by atoms with Gasteiger partial charge in [0.25, 0.3) is 0 Å². The second kappa shape index (κ2) is 6.95. The topological polar surface area (TPSA) is 78.4 Å². The Bertz CT molecular complexity index is 349. The number of rotatable bonds is 6. The minimum atomic E-state index is -0.915. The third kappa shape index (κ3) is 4.39. The number of carboxylic acid groups (broad SMARTS) is 1. The standard InChI is InChI=1S/C15H26N2O3/c1-10(11-7-8-11)9-16-15(20)17-13(14(18)19)12-5-3-2-4-6-12/h10-13H,2-9H2,1H3,(H,18,19)(H2,16,17,20). The molecule has 0 bridgehead atoms. The van der Waals surface area contributed by atoms with Crippen LogP contribution in [0.2, 0.25) is 0 Å². The van der Waals surface area contributed by atoms with E-state index in [-0.39, 0.29) is 11.9 Å². The van der Waals surface area contributed by atoms with Gasteiger partial charge < -0.3 is 15.7 Å². The Morgan fingerprint density at radius 3 is 2.30 bits per heavy atom. The Morgan fingerprint density at radius 1 is 1.10 bits per heavy atom. The summed E-state index contributed by atoms with van der Waals surface area (Å²) in [5.74, 6) is 0.387. The molecule has 0 heterocycles. The highest BCUT2D eigenvalue weighted by molar-refractivity contribution is 5.82. The molecule has 0 aromatic heterocycles. The van der Waals surface area contributed by atoms with Crippen molar-refractivity contribution in [2.75, 3.05) is 6.54 Å². The molecular formula is C15H26N2O3. The number of carbonyl (C=O) groups is 2. The second-order valence-corrected chi connectivity index (χ2v) is 6.38. The monoisotopic (exact) mass is 282 g/mol. The highest BCUT2D eigenvalue weighted by atomic mass is 16.4. The largest absolute Gasteiger partial charge is 0.480 e. The van der Waals surface area contributed by atoms with Crippen molar-refractivity contribution < 1.29 is 14.7 Å². The Kier molecular flexibility index (Phi) is 5.26. The minimum absolute atomic E-state index is 0.0767. The second-order valence-electron chi connectivity index (χ2n) is 6.38. The maximum absolute atomic E-state index is 11.9. The smallest absolute Gasteiger partial charge is 0.326 e. The van der Waals surface area contributed by atoms with Crippen molar-refractivity contribution in [2.24, 2.45) is 17.8 Å². The lowest BCUT2D eigenvalue weighted by Crippen LogP contribution is -2.50. The van der Waals surface area contributed by atoms with Crippen LogP contribution in [-0.2, 0) is 4.79 Å². The van der Waals surface area contributed by atoms with Gasteiger partial charge in [0.05, 0.1) is 0 Å². The summed E-state index contributed by atoms with van der Waals surface area (Å²) < 4.78 is 0. The van der Waals surface area contributed by atoms with Gasteiger partial charge in [0.2, 0.25) is 0 Å². The first kappa shape index (κ1) is 15.1. The van der Waals surface area contributed by atoms with E-state index in [0.29, 0.717) is 12.5 Å². The maximum Gasteiger partial charge on any atom is 0.326 e. The molecule has 2 saturated carbocycles. The Labute approximate surface area is 120 Å². The highest BCUT2D eigenvalue weighted by Gasteiger charge is 2.31. The molecule has 2 rings (SSSR count). The molecule has 2 atom stereocenters. The van der Waals surface area contributed by atoms with E-state index < -0.39 is 12.0 Å². The normalized spacial score (nSPS) is 22.9. The molecule has 2 unspecified atom stereocenters. The Hall–Kier alpha value is -1.26. The van der Waals surface area contributed by atoms with Crippen molar-refractivity contribution in [3.05, 3.63) is 0 Å². The minimum Gasteiger partial charge on any atom is -0.480 e. The third-order valence-corrected chi connectivity index (χ3v) is 4.69. The van der Waals surface area contributed by atoms with Crippen molar-refractivity contribution >= 4 is 12.0 Å². The first-order valence-electron chi connectivity index (χ1n) is 7.85. The summed E-state index contributed by atoms with van der Waals surface area (Å²) in [6.45, 7) is 2.77. The van der Waals surface area contributed by atoms with Gasteiger partial charge in [-0.1, -0.05) is 26.2 Å². The molecule has 114 valence electrons. The molecule has 0 aliphatic heterocycles. The number of hydrogen-bond donors (Lipinski definition) is 3. The molecule has 5 nitrogen and oxygen atoms in total. The number of urea groups is 1. The Balaban J connectivity index is 1.77. The van der Waals surface area contributed by atoms with E-state index >= 15 is 0 Å². The van der Waals surface area contributed by atoms with Crippen molar-refractivity contribution in [1.29, 1.82) is 0 Å². The molecule has 2 aliphatic rings. The quantitative estimate of drug-likeness (QED) is 0.700. The van der Waals surface area contributed by atoms with E-state index in [1.807, 2.05) is 0 Å². The number of amides is 2. The van der Waals surface area contributed by atoms with Gasteiger partial charge in [0, 0.05) is 6.54 Å². The van der Waals surface area contributed by atoms with Crippen LogP contribution in [0, 0.1) is 17.8 Å². The molecule has 3 N–H and O–H groups in total. The number of nitrogens with one attached hydrogen (secondary N) is 2. The lowest BCUT2D eigenvalue weighted by molar-refractivity contribution is -0.141. The van der Waals surface area contributed by atoms with Gasteiger partial charge in [0.15, 0.2) is 0 Å². The SMILES string of the molecule is CC(CNC(=O)NC(C(=O)O)C1CCCCC1)C1CC1. The molecule has 2 fully saturated rings. The number of carbonyl (C=O) groups excluding carboxylic acids is 1. The summed E-state index contributed by atoms with van der Waals surface area (Å²) in [7, 11) is 0. The van der Waals surface area contributed by atoms with Crippen LogP contribution in [0.4, 0.5) is 4.79 Å². The van der Waals surface area contributed by atoms with E-state index in [1.54, 1.807) is 0 Å². The highest BCUT2D eigenvalue weighted by Crippen LogP contribution is 2.36. The van der Waals surface area contributed by atoms with E-state index in [1.165, 1.54) is 19.3 Å². The predicted octanol–water partition coefficient (Wildman–Crippen LogP) is 2.37. The van der Waals surface area contributed by atoms with Gasteiger partial charge in [-0.15, -0.1) is 0 Å². The summed E-state index contributed by atoms with van der Waals surface area (Å²) in [4.78, 5) is 23.2. The van der Waals surface area contributed by atoms with Crippen molar-refractivity contribution in [3.63, 3.8) is 0 Å². The van der Waals surface area contributed by atoms with Gasteiger partial charge in [-0.05, 0) is 43.4 Å². The summed E-state index contributed by atoms with van der Waals surface area (Å²) in [6.07, 6.45) is 7.61. The lowest BCUT2D eigenvalue weighted by Gasteiger charge is -2.28. The molecule has 0 spiro atoms. The zero-order valence-electron chi connectivity index (χ0n) is 12.2. The number of carboxylic acids is 1. The summed E-state index contributed by atoms with van der Waals surface area (Å²) in [6, 6.07) is -1.08. The average molecular weight is 282 g/mol. The molecule has 5 heteroatoms. The third-order valence-electron chi connectivity index (χ3n) is 4.69. The molecule has 0 aromatic rings. The fourth-order valence-corrected chi connectivity index (χ4v) is 3.13. The zero-order valence-corrected chi connectivity index (χ0v) is 12.2. The first-order chi connectivity index (χ1) is 9.58. The van der Waals surface area contributed by atoms with Crippen LogP contribution < -0.4 is 10.6 Å². The van der Waals surface area contributed by atoms with Crippen LogP contribution >= 0.6 is 0 Å². The molecular weight excluding hydrogens is 256 g/mol. The fourth-order valence-electron chi connectivity index (χ4n) is 3.13. The zero-order chi connectivity index (χ0) is 14.5. The average Bonchev–Trinajstić information content (AvgIpc) is 3.27. The fraction of sp³-hybridized carbons (Fsp3) is 0.867. The van der Waals surface area contributed by atoms with E-state index in [2.05, 4.69) is 17.6 Å². The molecule has 2 amide bonds. The van der Waals surface area contributed by atoms with Crippen LogP contribution in [0.3, 0.4) is 0 Å². The summed E-state index contributed by atoms with van der Waals surface area (Å²) >= 11 is 0. The van der Waals surface area contributed by atoms with Crippen molar-refractivity contribution in [1.82, 2.24) is 10.6 Å². The van der Waals surface area contributed by atoms with Crippen LogP contribution in [-0.4, -0.2) is 29.7 Å². The van der Waals surface area contributed by atoms with Crippen molar-refractivity contribution in [2.45, 2.75) is 57.9 Å². The maximum atomic E-state index is 11.9. The summed E-state index contributed by atoms with van der Waals surface area (Å²) in [5.41, 5.74) is 0. The van der Waals surface area contributed by atoms with E-state index in [9.17, 15) is 14.7 Å². The van der Waals surface area contributed by atoms with Gasteiger partial charge in [-0.3, -0.25) is 0 Å². The van der Waals surface area contributed by atoms with Crippen LogP contribution in [0.5, 0.6) is 0 Å². The van der Waals surface area contributed by atoms with Crippen LogP contribution in [0.25, 0.3) is 0 Å². The molecule has 0 aromatic carbocycles. The molecule has 0 saturated heterocycles. The van der Waals surface area contributed by atoms with Gasteiger partial charge in [-0.25, -0.2) is 9.59 Å². The molecule has 20 heavy (non-hydrogen) atoms. The number of aliphatic carboxylic acids is 1. The van der Waals surface area contributed by atoms with Crippen molar-refractivity contribution in [3.8, 4) is 0 Å². The van der Waals surface area contributed by atoms with Gasteiger partial charge >= 0.3 is 12.0 Å². The lowest BCUT2D eigenvalue weighted by atomic mass is 9.84. The predicted molar refractivity (Wildman–Crippen MR) is 76.4 cm³/mol. The molecule has 0 radical (unpaired) electrons. The first-order valence-corrected chi connectivity index (χ1v) is 7.85. The Morgan fingerprint density at radius 2 is 1.75 bits per heavy atom. The number of hydrogen-bond acceptors (Lipinski definition) is 2. The van der Waals surface area contributed by atoms with Crippen LogP contribution in [0.1, 0.15) is 51.9 Å². The van der Waals surface area contributed by atoms with E-state index in [4.69, 9.17) is 0 Å². The van der Waals surface area contributed by atoms with E-state index in [0.717, 1.165) is 31.6 Å².